The number of hydrogen-bond acceptors (Lipinski definition) is 4. The number of aromatic amines is 2. The molecule has 2 N–H and O–H groups in total. The van der Waals surface area contributed by atoms with Gasteiger partial charge in [-0.1, -0.05) is 192 Å². The molecular formula is C64H68N4O2. The van der Waals surface area contributed by atoms with Gasteiger partial charge in [0.1, 0.15) is 0 Å². The standard InChI is InChI=1S/C64H68N4O2/c1-5-6-7-8-9-10-11-12-13-14-15-16-17-18-43-70-64(69)51-33-31-50(32-34-51)63-58-41-39-56(67-58)61(48-27-21-45(3)22-28-48)54-37-35-52(65-54)60(47-25-19-44(2)20-26-47)53-36-38-55(66-53)62(57-40-42-59(63)68-57)49-29-23-46(4)24-30-49/h19-42,65,68H,5-18,43H2,1-4H3. The number of carbonyl (C=O) groups is 1. The number of nitrogens with zero attached hydrogens (tertiary/aromatic N) is 2. The number of rotatable bonds is 20. The van der Waals surface area contributed by atoms with Crippen molar-refractivity contribution < 1.29 is 9.53 Å². The van der Waals surface area contributed by atoms with Gasteiger partial charge in [0.05, 0.1) is 34.9 Å². The first-order valence-corrected chi connectivity index (χ1v) is 26.0. The van der Waals surface area contributed by atoms with Crippen LogP contribution in [0.3, 0.4) is 0 Å². The molecule has 9 rings (SSSR count). The van der Waals surface area contributed by atoms with Crippen LogP contribution in [0.4, 0.5) is 0 Å². The van der Waals surface area contributed by atoms with E-state index in [9.17, 15) is 4.79 Å². The van der Waals surface area contributed by atoms with Crippen LogP contribution in [0.2, 0.25) is 0 Å². The van der Waals surface area contributed by atoms with Crippen LogP contribution < -0.4 is 0 Å². The van der Waals surface area contributed by atoms with Gasteiger partial charge in [-0.25, -0.2) is 14.8 Å². The molecule has 0 spiro atoms. The maximum atomic E-state index is 13.4. The quantitative estimate of drug-likeness (QED) is 0.0589. The Morgan fingerprint density at radius 3 is 0.986 bits per heavy atom. The van der Waals surface area contributed by atoms with Crippen molar-refractivity contribution in [2.24, 2.45) is 0 Å². The van der Waals surface area contributed by atoms with Gasteiger partial charge in [0.2, 0.25) is 0 Å². The SMILES string of the molecule is CCCCCCCCCCCCCCCCOC(=O)c1ccc(-c2c3nc(c(-c4ccc(C)cc4)c4ccc([nH]4)c(-c4ccc(C)cc4)c4nc(c(-c5ccc(C)cc5)c5ccc2[nH]5)C=C4)C=C3)cc1. The predicted molar refractivity (Wildman–Crippen MR) is 295 cm³/mol. The Balaban J connectivity index is 1.06. The van der Waals surface area contributed by atoms with E-state index < -0.39 is 0 Å². The monoisotopic (exact) mass is 925 g/mol. The van der Waals surface area contributed by atoms with Gasteiger partial charge in [-0.2, -0.15) is 0 Å². The minimum absolute atomic E-state index is 0.288. The highest BCUT2D eigenvalue weighted by Gasteiger charge is 2.20. The van der Waals surface area contributed by atoms with E-state index in [2.05, 4.69) is 159 Å². The number of unbranched alkanes of at least 4 members (excludes halogenated alkanes) is 13. The lowest BCUT2D eigenvalue weighted by Gasteiger charge is -2.08. The fourth-order valence-corrected chi connectivity index (χ4v) is 9.90. The van der Waals surface area contributed by atoms with Crippen molar-refractivity contribution in [3.8, 4) is 44.5 Å². The normalized spacial score (nSPS) is 11.9. The van der Waals surface area contributed by atoms with E-state index in [4.69, 9.17) is 14.7 Å². The maximum Gasteiger partial charge on any atom is 0.338 e. The minimum atomic E-state index is -0.288. The van der Waals surface area contributed by atoms with E-state index in [0.717, 1.165) is 102 Å². The number of esters is 1. The lowest BCUT2D eigenvalue weighted by Crippen LogP contribution is -2.06. The van der Waals surface area contributed by atoms with E-state index in [1.54, 1.807) is 0 Å². The summed E-state index contributed by atoms with van der Waals surface area (Å²) in [5.41, 5.74) is 19.4. The third-order valence-corrected chi connectivity index (χ3v) is 13.9. The number of carbonyl (C=O) groups excluding carboxylic acids is 1. The Bertz CT molecular complexity index is 3090. The molecule has 6 heteroatoms. The smallest absolute Gasteiger partial charge is 0.338 e. The molecule has 0 saturated heterocycles. The molecule has 8 bridgehead atoms. The molecule has 7 aromatic rings. The largest absolute Gasteiger partial charge is 0.462 e. The van der Waals surface area contributed by atoms with E-state index >= 15 is 0 Å². The summed E-state index contributed by atoms with van der Waals surface area (Å²) in [5.74, 6) is -0.288. The number of nitrogens with one attached hydrogen (secondary N) is 2. The summed E-state index contributed by atoms with van der Waals surface area (Å²) < 4.78 is 5.80. The molecule has 356 valence electrons. The van der Waals surface area contributed by atoms with Gasteiger partial charge >= 0.3 is 5.97 Å². The topological polar surface area (TPSA) is 83.7 Å². The zero-order valence-electron chi connectivity index (χ0n) is 41.7. The molecule has 6 nitrogen and oxygen atoms in total. The Kier molecular flexibility index (Phi) is 15.8. The third kappa shape index (κ3) is 11.5. The molecule has 0 unspecified atom stereocenters. The van der Waals surface area contributed by atoms with Crippen LogP contribution in [0, 0.1) is 20.8 Å². The van der Waals surface area contributed by atoms with Gasteiger partial charge < -0.3 is 14.7 Å². The molecule has 0 fully saturated rings. The number of fused-ring (bicyclic) bond motifs is 8. The maximum absolute atomic E-state index is 13.4. The highest BCUT2D eigenvalue weighted by atomic mass is 16.5. The average molecular weight is 925 g/mol. The van der Waals surface area contributed by atoms with Gasteiger partial charge in [0, 0.05) is 44.3 Å². The van der Waals surface area contributed by atoms with Crippen molar-refractivity contribution in [1.82, 2.24) is 19.9 Å². The van der Waals surface area contributed by atoms with Crippen molar-refractivity contribution in [3.05, 3.63) is 166 Å². The third-order valence-electron chi connectivity index (χ3n) is 13.9. The summed E-state index contributed by atoms with van der Waals surface area (Å²) in [6.07, 6.45) is 26.6. The summed E-state index contributed by atoms with van der Waals surface area (Å²) in [6, 6.07) is 42.4. The fraction of sp³-hybridized carbons (Fsp3) is 0.297. The van der Waals surface area contributed by atoms with Crippen LogP contribution >= 0.6 is 0 Å². The summed E-state index contributed by atoms with van der Waals surface area (Å²) in [6.45, 7) is 9.06. The molecule has 70 heavy (non-hydrogen) atoms. The second-order valence-electron chi connectivity index (χ2n) is 19.4. The van der Waals surface area contributed by atoms with Crippen LogP contribution in [0.15, 0.2) is 121 Å². The van der Waals surface area contributed by atoms with Crippen LogP contribution in [0.1, 0.15) is 147 Å². The van der Waals surface area contributed by atoms with Crippen LogP contribution in [-0.4, -0.2) is 32.5 Å². The number of aromatic nitrogens is 4. The van der Waals surface area contributed by atoms with Crippen molar-refractivity contribution in [2.45, 2.75) is 118 Å². The second-order valence-corrected chi connectivity index (χ2v) is 19.4. The van der Waals surface area contributed by atoms with Crippen molar-refractivity contribution >= 4 is 52.3 Å². The van der Waals surface area contributed by atoms with Gasteiger partial charge in [-0.05, 0) is 110 Å². The highest BCUT2D eigenvalue weighted by molar-refractivity contribution is 6.00. The molecule has 4 aromatic carbocycles. The van der Waals surface area contributed by atoms with Gasteiger partial charge in [0.15, 0.2) is 0 Å². The number of aryl methyl sites for hydroxylation is 3. The van der Waals surface area contributed by atoms with Gasteiger partial charge in [0.25, 0.3) is 0 Å². The molecule has 0 aliphatic carbocycles. The first kappa shape index (κ1) is 48.0. The number of ether oxygens (including phenoxy) is 1. The van der Waals surface area contributed by atoms with E-state index in [1.165, 1.54) is 93.7 Å². The molecular weight excluding hydrogens is 857 g/mol. The highest BCUT2D eigenvalue weighted by Crippen LogP contribution is 2.39. The number of H-pyrrole nitrogens is 2. The van der Waals surface area contributed by atoms with E-state index in [0.29, 0.717) is 12.2 Å². The molecule has 0 atom stereocenters. The zero-order valence-corrected chi connectivity index (χ0v) is 41.7. The number of benzene rings is 4. The van der Waals surface area contributed by atoms with Crippen molar-refractivity contribution in [1.29, 1.82) is 0 Å². The summed E-state index contributed by atoms with van der Waals surface area (Å²) in [5, 5.41) is 0. The minimum Gasteiger partial charge on any atom is -0.462 e. The predicted octanol–water partition coefficient (Wildman–Crippen LogP) is 17.9. The molecule has 5 heterocycles. The summed E-state index contributed by atoms with van der Waals surface area (Å²) in [4.78, 5) is 32.0. The average Bonchev–Trinajstić information content (AvgIpc) is 4.23. The number of hydrogen-bond donors (Lipinski definition) is 2. The Labute approximate surface area is 415 Å². The Morgan fingerprint density at radius 2 is 0.671 bits per heavy atom. The molecule has 3 aromatic heterocycles. The van der Waals surface area contributed by atoms with Crippen molar-refractivity contribution in [2.75, 3.05) is 6.61 Å². The first-order chi connectivity index (χ1) is 34.3. The Hall–Kier alpha value is -7.05. The first-order valence-electron chi connectivity index (χ1n) is 26.0. The zero-order chi connectivity index (χ0) is 48.2. The van der Waals surface area contributed by atoms with Crippen LogP contribution in [0.25, 0.3) is 90.9 Å². The van der Waals surface area contributed by atoms with Crippen LogP contribution in [0.5, 0.6) is 0 Å². The molecule has 0 saturated carbocycles. The molecule has 0 amide bonds. The van der Waals surface area contributed by atoms with Crippen molar-refractivity contribution in [3.63, 3.8) is 0 Å². The lowest BCUT2D eigenvalue weighted by molar-refractivity contribution is 0.0497. The lowest BCUT2D eigenvalue weighted by atomic mass is 10.0. The fourth-order valence-electron chi connectivity index (χ4n) is 9.90. The Morgan fingerprint density at radius 1 is 0.386 bits per heavy atom. The summed E-state index contributed by atoms with van der Waals surface area (Å²) in [7, 11) is 0. The molecule has 0 radical (unpaired) electrons. The van der Waals surface area contributed by atoms with Gasteiger partial charge in [-0.3, -0.25) is 0 Å². The summed E-state index contributed by atoms with van der Waals surface area (Å²) >= 11 is 0. The molecule has 2 aliphatic heterocycles. The molecule has 2 aliphatic rings. The van der Waals surface area contributed by atoms with Gasteiger partial charge in [-0.15, -0.1) is 0 Å². The van der Waals surface area contributed by atoms with E-state index in [1.807, 2.05) is 24.3 Å². The second kappa shape index (κ2) is 23.0. The van der Waals surface area contributed by atoms with E-state index in [-0.39, 0.29) is 5.97 Å². The van der Waals surface area contributed by atoms with Crippen LogP contribution in [-0.2, 0) is 4.74 Å².